The molecule has 0 radical (unpaired) electrons. The first kappa shape index (κ1) is 17.8. The number of nitrogens with zero attached hydrogens (tertiary/aromatic N) is 3. The van der Waals surface area contributed by atoms with Gasteiger partial charge in [-0.2, -0.15) is 0 Å². The van der Waals surface area contributed by atoms with Gasteiger partial charge >= 0.3 is 0 Å². The predicted octanol–water partition coefficient (Wildman–Crippen LogP) is 5.27. The molecule has 6 nitrogen and oxygen atoms in total. The van der Waals surface area contributed by atoms with Gasteiger partial charge in [0.1, 0.15) is 5.75 Å². The molecule has 3 heterocycles. The van der Waals surface area contributed by atoms with Gasteiger partial charge in [-0.15, -0.1) is 21.5 Å². The van der Waals surface area contributed by atoms with Gasteiger partial charge in [0, 0.05) is 11.1 Å². The number of thioether (sulfide) groups is 1. The summed E-state index contributed by atoms with van der Waals surface area (Å²) in [7, 11) is 0. The van der Waals surface area contributed by atoms with E-state index in [1.807, 2.05) is 43.5 Å². The van der Waals surface area contributed by atoms with Crippen molar-refractivity contribution in [1.82, 2.24) is 15.2 Å². The Bertz CT molecular complexity index is 1020. The summed E-state index contributed by atoms with van der Waals surface area (Å²) < 4.78 is 16.8. The smallest absolute Gasteiger partial charge is 0.277 e. The number of ether oxygens (including phenoxy) is 1. The molecule has 0 saturated heterocycles. The fourth-order valence-electron chi connectivity index (χ4n) is 2.38. The fraction of sp³-hybridized carbons (Fsp3) is 0.211. The van der Waals surface area contributed by atoms with Crippen LogP contribution < -0.4 is 4.74 Å². The van der Waals surface area contributed by atoms with Crippen LogP contribution in [-0.2, 0) is 12.4 Å². The first-order chi connectivity index (χ1) is 13.2. The predicted molar refractivity (Wildman–Crippen MR) is 104 cm³/mol. The zero-order valence-corrected chi connectivity index (χ0v) is 16.5. The number of aryl methyl sites for hydroxylation is 2. The van der Waals surface area contributed by atoms with E-state index in [1.54, 1.807) is 17.6 Å². The molecule has 0 bridgehead atoms. The minimum absolute atomic E-state index is 0.247. The minimum atomic E-state index is 0.247. The molecule has 0 aliphatic heterocycles. The molecular formula is C19H17N3O3S2. The molecule has 0 spiro atoms. The molecule has 0 fully saturated rings. The Balaban J connectivity index is 1.32. The van der Waals surface area contributed by atoms with E-state index in [0.29, 0.717) is 16.9 Å². The summed E-state index contributed by atoms with van der Waals surface area (Å²) in [5, 5.41) is 11.5. The lowest BCUT2D eigenvalue weighted by molar-refractivity contribution is 0.250. The molecule has 4 aromatic rings. The molecule has 8 heteroatoms. The largest absolute Gasteiger partial charge is 0.484 e. The zero-order valence-electron chi connectivity index (χ0n) is 14.8. The van der Waals surface area contributed by atoms with Crippen LogP contribution in [0.5, 0.6) is 5.75 Å². The molecule has 138 valence electrons. The van der Waals surface area contributed by atoms with Crippen LogP contribution in [0.2, 0.25) is 0 Å². The number of benzene rings is 1. The van der Waals surface area contributed by atoms with Crippen molar-refractivity contribution in [3.8, 4) is 16.5 Å². The lowest BCUT2D eigenvalue weighted by Crippen LogP contribution is -1.97. The van der Waals surface area contributed by atoms with Crippen molar-refractivity contribution in [3.05, 3.63) is 64.7 Å². The maximum absolute atomic E-state index is 5.80. The van der Waals surface area contributed by atoms with Gasteiger partial charge in [0.15, 0.2) is 17.4 Å². The molecule has 0 aliphatic carbocycles. The topological polar surface area (TPSA) is 74.2 Å². The minimum Gasteiger partial charge on any atom is -0.484 e. The number of furan rings is 1. The van der Waals surface area contributed by atoms with E-state index in [0.717, 1.165) is 33.3 Å². The van der Waals surface area contributed by atoms with Gasteiger partial charge in [-0.25, -0.2) is 4.98 Å². The van der Waals surface area contributed by atoms with Crippen molar-refractivity contribution in [2.24, 2.45) is 0 Å². The Morgan fingerprint density at radius 2 is 2.11 bits per heavy atom. The normalized spacial score (nSPS) is 11.0. The van der Waals surface area contributed by atoms with Crippen LogP contribution in [0.1, 0.15) is 22.7 Å². The van der Waals surface area contributed by atoms with E-state index in [2.05, 4.69) is 21.2 Å². The summed E-state index contributed by atoms with van der Waals surface area (Å²) in [6.07, 6.45) is 1.64. The van der Waals surface area contributed by atoms with Crippen molar-refractivity contribution in [3.63, 3.8) is 0 Å². The highest BCUT2D eigenvalue weighted by Gasteiger charge is 2.11. The second kappa shape index (κ2) is 7.98. The Kier molecular flexibility index (Phi) is 5.26. The van der Waals surface area contributed by atoms with E-state index >= 15 is 0 Å². The highest BCUT2D eigenvalue weighted by atomic mass is 32.2. The molecule has 1 aromatic carbocycles. The van der Waals surface area contributed by atoms with Crippen LogP contribution >= 0.6 is 23.1 Å². The van der Waals surface area contributed by atoms with E-state index in [4.69, 9.17) is 13.6 Å². The van der Waals surface area contributed by atoms with Gasteiger partial charge in [0.05, 0.1) is 12.0 Å². The Hall–Kier alpha value is -2.58. The molecule has 0 amide bonds. The van der Waals surface area contributed by atoms with Crippen molar-refractivity contribution < 1.29 is 13.6 Å². The highest BCUT2D eigenvalue weighted by Crippen LogP contribution is 2.28. The molecule has 0 aliphatic rings. The Morgan fingerprint density at radius 3 is 2.96 bits per heavy atom. The first-order valence-corrected chi connectivity index (χ1v) is 10.2. The number of hydrogen-bond acceptors (Lipinski definition) is 8. The van der Waals surface area contributed by atoms with Gasteiger partial charge in [-0.05, 0) is 43.2 Å². The standard InChI is InChI=1S/C19H17N3O3S2/c1-12-5-6-13(2)16(8-12)24-9-17-21-22-19(25-17)27-11-14-10-26-18(20-14)15-4-3-7-23-15/h3-8,10H,9,11H2,1-2H3. The monoisotopic (exact) mass is 399 g/mol. The van der Waals surface area contributed by atoms with Crippen LogP contribution in [0, 0.1) is 13.8 Å². The average Bonchev–Trinajstić information content (AvgIpc) is 3.41. The summed E-state index contributed by atoms with van der Waals surface area (Å²) in [4.78, 5) is 4.56. The van der Waals surface area contributed by atoms with E-state index in [9.17, 15) is 0 Å². The first-order valence-electron chi connectivity index (χ1n) is 8.31. The number of thiazole rings is 1. The lowest BCUT2D eigenvalue weighted by atomic mass is 10.1. The van der Waals surface area contributed by atoms with Gasteiger partial charge in [0.25, 0.3) is 11.1 Å². The summed E-state index contributed by atoms with van der Waals surface area (Å²) in [6, 6.07) is 9.84. The molecule has 0 N–H and O–H groups in total. The van der Waals surface area contributed by atoms with E-state index in [-0.39, 0.29) is 6.61 Å². The molecule has 27 heavy (non-hydrogen) atoms. The number of aromatic nitrogens is 3. The summed E-state index contributed by atoms with van der Waals surface area (Å²) in [5.74, 6) is 2.71. The van der Waals surface area contributed by atoms with Gasteiger partial charge in [0.2, 0.25) is 0 Å². The third-order valence-corrected chi connectivity index (χ3v) is 5.53. The van der Waals surface area contributed by atoms with Gasteiger partial charge in [-0.3, -0.25) is 0 Å². The quantitative estimate of drug-likeness (QED) is 0.392. The van der Waals surface area contributed by atoms with Crippen LogP contribution in [0.15, 0.2) is 56.0 Å². The van der Waals surface area contributed by atoms with Crippen LogP contribution in [0.4, 0.5) is 0 Å². The van der Waals surface area contributed by atoms with Crippen molar-refractivity contribution in [2.45, 2.75) is 31.4 Å². The summed E-state index contributed by atoms with van der Waals surface area (Å²) in [5.41, 5.74) is 3.17. The third kappa shape index (κ3) is 4.40. The Labute approximate surface area is 164 Å². The Morgan fingerprint density at radius 1 is 1.19 bits per heavy atom. The SMILES string of the molecule is Cc1ccc(C)c(OCc2nnc(SCc3csc(-c4ccco4)n3)o2)c1. The zero-order chi connectivity index (χ0) is 18.6. The van der Waals surface area contributed by atoms with Gasteiger partial charge in [-0.1, -0.05) is 23.9 Å². The molecule has 4 rings (SSSR count). The van der Waals surface area contributed by atoms with Crippen molar-refractivity contribution in [1.29, 1.82) is 0 Å². The molecular weight excluding hydrogens is 382 g/mol. The second-order valence-corrected chi connectivity index (χ2v) is 7.71. The number of hydrogen-bond donors (Lipinski definition) is 0. The molecule has 0 atom stereocenters. The second-order valence-electron chi connectivity index (χ2n) is 5.93. The van der Waals surface area contributed by atoms with E-state index < -0.39 is 0 Å². The third-order valence-electron chi connectivity index (χ3n) is 3.77. The fourth-order valence-corrected chi connectivity index (χ4v) is 3.94. The highest BCUT2D eigenvalue weighted by molar-refractivity contribution is 7.98. The van der Waals surface area contributed by atoms with Crippen molar-refractivity contribution in [2.75, 3.05) is 0 Å². The lowest BCUT2D eigenvalue weighted by Gasteiger charge is -2.07. The maximum atomic E-state index is 5.80. The maximum Gasteiger partial charge on any atom is 0.277 e. The number of rotatable bonds is 7. The molecule has 0 saturated carbocycles. The molecule has 3 aromatic heterocycles. The van der Waals surface area contributed by atoms with Crippen LogP contribution in [0.25, 0.3) is 10.8 Å². The van der Waals surface area contributed by atoms with Crippen LogP contribution in [0.3, 0.4) is 0 Å². The van der Waals surface area contributed by atoms with Crippen molar-refractivity contribution >= 4 is 23.1 Å². The summed E-state index contributed by atoms with van der Waals surface area (Å²) in [6.45, 7) is 4.29. The molecule has 0 unspecified atom stereocenters. The van der Waals surface area contributed by atoms with Gasteiger partial charge < -0.3 is 13.6 Å². The van der Waals surface area contributed by atoms with E-state index in [1.165, 1.54) is 11.8 Å². The summed E-state index contributed by atoms with van der Waals surface area (Å²) >= 11 is 3.00. The average molecular weight is 399 g/mol. The van der Waals surface area contributed by atoms with Crippen LogP contribution in [-0.4, -0.2) is 15.2 Å².